The van der Waals surface area contributed by atoms with Crippen LogP contribution in [0.2, 0.25) is 0 Å². The van der Waals surface area contributed by atoms with Gasteiger partial charge >= 0.3 is 11.9 Å². The Morgan fingerprint density at radius 3 is 2.86 bits per heavy atom. The molecule has 14 heavy (non-hydrogen) atoms. The van der Waals surface area contributed by atoms with Gasteiger partial charge in [-0.25, -0.2) is 0 Å². The number of carboxylic acids is 1. The molecule has 2 aliphatic rings. The lowest BCUT2D eigenvalue weighted by Crippen LogP contribution is -2.26. The van der Waals surface area contributed by atoms with Crippen molar-refractivity contribution in [1.29, 1.82) is 0 Å². The van der Waals surface area contributed by atoms with Crippen molar-refractivity contribution < 1.29 is 19.4 Å². The lowest BCUT2D eigenvalue weighted by molar-refractivity contribution is -0.148. The number of rotatable bonds is 2. The highest BCUT2D eigenvalue weighted by Crippen LogP contribution is 2.40. The van der Waals surface area contributed by atoms with Gasteiger partial charge in [-0.05, 0) is 19.3 Å². The average Bonchev–Trinajstić information content (AvgIpc) is 2.43. The fraction of sp³-hybridized carbons (Fsp3) is 0.800. The highest BCUT2D eigenvalue weighted by atomic mass is 16.6. The Labute approximate surface area is 82.2 Å². The van der Waals surface area contributed by atoms with E-state index in [4.69, 9.17) is 9.84 Å². The molecule has 0 radical (unpaired) electrons. The third kappa shape index (κ3) is 1.61. The molecule has 0 aromatic rings. The Balaban J connectivity index is 2.07. The van der Waals surface area contributed by atoms with Gasteiger partial charge in [0.05, 0.1) is 12.3 Å². The van der Waals surface area contributed by atoms with E-state index in [1.54, 1.807) is 0 Å². The number of carbonyl (C=O) groups is 2. The first kappa shape index (κ1) is 9.49. The molecule has 1 aliphatic carbocycles. The van der Waals surface area contributed by atoms with Crippen molar-refractivity contribution in [2.24, 2.45) is 11.8 Å². The van der Waals surface area contributed by atoms with Gasteiger partial charge in [-0.2, -0.15) is 0 Å². The van der Waals surface area contributed by atoms with Gasteiger partial charge in [0.2, 0.25) is 0 Å². The van der Waals surface area contributed by atoms with Crippen LogP contribution in [0.3, 0.4) is 0 Å². The van der Waals surface area contributed by atoms with Crippen LogP contribution in [0.25, 0.3) is 0 Å². The van der Waals surface area contributed by atoms with E-state index in [1.807, 2.05) is 0 Å². The van der Waals surface area contributed by atoms with Crippen LogP contribution in [0.4, 0.5) is 0 Å². The van der Waals surface area contributed by atoms with E-state index in [9.17, 15) is 9.59 Å². The topological polar surface area (TPSA) is 63.6 Å². The van der Waals surface area contributed by atoms with Crippen molar-refractivity contribution in [1.82, 2.24) is 0 Å². The molecule has 78 valence electrons. The molecule has 1 saturated carbocycles. The van der Waals surface area contributed by atoms with Crippen LogP contribution in [-0.4, -0.2) is 23.1 Å². The first-order chi connectivity index (χ1) is 6.68. The first-order valence-electron chi connectivity index (χ1n) is 5.11. The Hall–Kier alpha value is -1.06. The van der Waals surface area contributed by atoms with Crippen molar-refractivity contribution >= 4 is 11.9 Å². The zero-order chi connectivity index (χ0) is 10.1. The van der Waals surface area contributed by atoms with Crippen LogP contribution in [-0.2, 0) is 14.3 Å². The molecule has 1 heterocycles. The van der Waals surface area contributed by atoms with Gasteiger partial charge in [-0.15, -0.1) is 0 Å². The van der Waals surface area contributed by atoms with Crippen molar-refractivity contribution in [3.63, 3.8) is 0 Å². The van der Waals surface area contributed by atoms with Crippen molar-refractivity contribution in [3.8, 4) is 0 Å². The van der Waals surface area contributed by atoms with Crippen molar-refractivity contribution in [2.75, 3.05) is 0 Å². The first-order valence-corrected chi connectivity index (χ1v) is 5.11. The van der Waals surface area contributed by atoms with E-state index < -0.39 is 11.9 Å². The van der Waals surface area contributed by atoms with Gasteiger partial charge < -0.3 is 9.84 Å². The summed E-state index contributed by atoms with van der Waals surface area (Å²) in [5.41, 5.74) is 0. The second-order valence-corrected chi connectivity index (χ2v) is 4.13. The van der Waals surface area contributed by atoms with E-state index in [2.05, 4.69) is 0 Å². The summed E-state index contributed by atoms with van der Waals surface area (Å²) in [4.78, 5) is 22.0. The lowest BCUT2D eigenvalue weighted by Gasteiger charge is -2.24. The minimum atomic E-state index is -0.904. The van der Waals surface area contributed by atoms with E-state index >= 15 is 0 Å². The van der Waals surface area contributed by atoms with Gasteiger partial charge in [-0.1, -0.05) is 6.42 Å². The molecule has 0 bridgehead atoms. The number of carbonyl (C=O) groups excluding carboxylic acids is 1. The quantitative estimate of drug-likeness (QED) is 0.677. The number of esters is 1. The Kier molecular flexibility index (Phi) is 2.44. The van der Waals surface area contributed by atoms with Gasteiger partial charge in [0.25, 0.3) is 0 Å². The molecule has 4 nitrogen and oxygen atoms in total. The maximum atomic E-state index is 11.4. The standard InChI is InChI=1S/C10H14O4/c11-9(12)5-7-6-3-1-2-4-8(6)14-10(7)13/h6-8H,1-5H2,(H,11,12). The zero-order valence-corrected chi connectivity index (χ0v) is 7.94. The largest absolute Gasteiger partial charge is 0.481 e. The summed E-state index contributed by atoms with van der Waals surface area (Å²) < 4.78 is 5.18. The molecular weight excluding hydrogens is 184 g/mol. The molecule has 2 rings (SSSR count). The third-order valence-electron chi connectivity index (χ3n) is 3.24. The summed E-state index contributed by atoms with van der Waals surface area (Å²) in [5.74, 6) is -1.44. The molecule has 2 fully saturated rings. The Bertz CT molecular complexity index is 261. The fourth-order valence-corrected chi connectivity index (χ4v) is 2.57. The van der Waals surface area contributed by atoms with E-state index in [0.29, 0.717) is 0 Å². The highest BCUT2D eigenvalue weighted by molar-refractivity contribution is 5.81. The van der Waals surface area contributed by atoms with E-state index in [-0.39, 0.29) is 24.4 Å². The average molecular weight is 198 g/mol. The molecule has 1 N–H and O–H groups in total. The van der Waals surface area contributed by atoms with Gasteiger partial charge in [0.1, 0.15) is 6.10 Å². The maximum Gasteiger partial charge on any atom is 0.310 e. The number of ether oxygens (including phenoxy) is 1. The third-order valence-corrected chi connectivity index (χ3v) is 3.24. The van der Waals surface area contributed by atoms with Gasteiger partial charge in [0, 0.05) is 5.92 Å². The van der Waals surface area contributed by atoms with E-state index in [0.717, 1.165) is 25.7 Å². The minimum Gasteiger partial charge on any atom is -0.481 e. The predicted molar refractivity (Wildman–Crippen MR) is 47.6 cm³/mol. The van der Waals surface area contributed by atoms with Crippen molar-refractivity contribution in [2.45, 2.75) is 38.2 Å². The summed E-state index contributed by atoms with van der Waals surface area (Å²) in [6, 6.07) is 0. The normalized spacial score (nSPS) is 36.3. The maximum absolute atomic E-state index is 11.4. The Morgan fingerprint density at radius 2 is 2.14 bits per heavy atom. The highest BCUT2D eigenvalue weighted by Gasteiger charge is 2.45. The van der Waals surface area contributed by atoms with Crippen LogP contribution in [0.15, 0.2) is 0 Å². The molecule has 4 heteroatoms. The summed E-state index contributed by atoms with van der Waals surface area (Å²) in [7, 11) is 0. The summed E-state index contributed by atoms with van der Waals surface area (Å²) in [5, 5.41) is 8.67. The second-order valence-electron chi connectivity index (χ2n) is 4.13. The molecule has 0 amide bonds. The number of hydrogen-bond acceptors (Lipinski definition) is 3. The van der Waals surface area contributed by atoms with Crippen LogP contribution >= 0.6 is 0 Å². The molecular formula is C10H14O4. The van der Waals surface area contributed by atoms with Crippen LogP contribution < -0.4 is 0 Å². The zero-order valence-electron chi connectivity index (χ0n) is 7.94. The van der Waals surface area contributed by atoms with Crippen LogP contribution in [0.1, 0.15) is 32.1 Å². The van der Waals surface area contributed by atoms with Crippen molar-refractivity contribution in [3.05, 3.63) is 0 Å². The number of aliphatic carboxylic acids is 1. The summed E-state index contributed by atoms with van der Waals surface area (Å²) in [6.45, 7) is 0. The minimum absolute atomic E-state index is 0.000556. The summed E-state index contributed by atoms with van der Waals surface area (Å²) >= 11 is 0. The predicted octanol–water partition coefficient (Wildman–Crippen LogP) is 1.19. The number of carboxylic acid groups (broad SMARTS) is 1. The van der Waals surface area contributed by atoms with Gasteiger partial charge in [0.15, 0.2) is 0 Å². The van der Waals surface area contributed by atoms with Gasteiger partial charge in [-0.3, -0.25) is 9.59 Å². The lowest BCUT2D eigenvalue weighted by atomic mass is 9.79. The molecule has 0 aromatic heterocycles. The number of hydrogen-bond donors (Lipinski definition) is 1. The molecule has 0 spiro atoms. The smallest absolute Gasteiger partial charge is 0.310 e. The molecule has 3 unspecified atom stereocenters. The van der Waals surface area contributed by atoms with E-state index in [1.165, 1.54) is 0 Å². The molecule has 1 aliphatic heterocycles. The van der Waals surface area contributed by atoms with Crippen LogP contribution in [0.5, 0.6) is 0 Å². The SMILES string of the molecule is O=C(O)CC1C(=O)OC2CCCCC21. The monoisotopic (exact) mass is 198 g/mol. The second kappa shape index (κ2) is 3.59. The molecule has 3 atom stereocenters. The number of fused-ring (bicyclic) bond motifs is 1. The van der Waals surface area contributed by atoms with Crippen LogP contribution in [0, 0.1) is 11.8 Å². The summed E-state index contributed by atoms with van der Waals surface area (Å²) in [6.07, 6.45) is 3.96. The molecule has 1 saturated heterocycles. The Morgan fingerprint density at radius 1 is 1.43 bits per heavy atom. The molecule has 0 aromatic carbocycles. The fourth-order valence-electron chi connectivity index (χ4n) is 2.57.